The number of rotatable bonds is 4. The van der Waals surface area contributed by atoms with Crippen molar-refractivity contribution in [3.8, 4) is 0 Å². The average molecular weight is 373 g/mol. The smallest absolute Gasteiger partial charge is 0.292 e. The maximum absolute atomic E-state index is 12.3. The van der Waals surface area contributed by atoms with E-state index in [0.717, 1.165) is 16.8 Å². The van der Waals surface area contributed by atoms with E-state index in [2.05, 4.69) is 16.2 Å². The minimum Gasteiger partial charge on any atom is -0.320 e. The van der Waals surface area contributed by atoms with Crippen LogP contribution in [0, 0.1) is 13.8 Å². The zero-order valence-corrected chi connectivity index (χ0v) is 16.1. The fourth-order valence-electron chi connectivity index (χ4n) is 2.84. The Labute approximate surface area is 156 Å². The third-order valence-corrected chi connectivity index (χ3v) is 4.29. The van der Waals surface area contributed by atoms with Gasteiger partial charge in [0.25, 0.3) is 5.91 Å². The van der Waals surface area contributed by atoms with Gasteiger partial charge in [-0.1, -0.05) is 18.2 Å². The summed E-state index contributed by atoms with van der Waals surface area (Å²) < 4.78 is 4.19. The van der Waals surface area contributed by atoms with E-state index in [1.807, 2.05) is 49.0 Å². The molecular formula is C17H22N3OY+. The Kier molecular flexibility index (Phi) is 5.93. The Bertz CT molecular complexity index is 641. The van der Waals surface area contributed by atoms with Crippen molar-refractivity contribution in [2.45, 2.75) is 45.7 Å². The predicted molar refractivity (Wildman–Crippen MR) is 82.1 cm³/mol. The molecular weight excluding hydrogens is 351 g/mol. The molecule has 1 aromatic carbocycles. The zero-order chi connectivity index (χ0) is 14.8. The molecule has 0 bridgehead atoms. The van der Waals surface area contributed by atoms with E-state index >= 15 is 0 Å². The Morgan fingerprint density at radius 1 is 1.27 bits per heavy atom. The summed E-state index contributed by atoms with van der Waals surface area (Å²) in [7, 11) is 0. The number of aryl methyl sites for hydroxylation is 2. The van der Waals surface area contributed by atoms with Gasteiger partial charge >= 0.3 is 0 Å². The monoisotopic (exact) mass is 373 g/mol. The van der Waals surface area contributed by atoms with Gasteiger partial charge in [0.05, 0.1) is 12.2 Å². The Hall–Kier alpha value is -0.996. The summed E-state index contributed by atoms with van der Waals surface area (Å²) in [6, 6.07) is 8.62. The van der Waals surface area contributed by atoms with Crippen LogP contribution in [0.5, 0.6) is 0 Å². The number of anilines is 1. The van der Waals surface area contributed by atoms with Crippen LogP contribution < -0.4 is 10.00 Å². The van der Waals surface area contributed by atoms with Crippen molar-refractivity contribution in [2.75, 3.05) is 5.32 Å². The van der Waals surface area contributed by atoms with Gasteiger partial charge < -0.3 is 5.32 Å². The second kappa shape index (κ2) is 7.52. The number of amides is 1. The molecule has 0 atom stereocenters. The first-order chi connectivity index (χ1) is 10.1. The van der Waals surface area contributed by atoms with Crippen LogP contribution in [0.4, 0.5) is 5.69 Å². The van der Waals surface area contributed by atoms with Crippen LogP contribution in [0.3, 0.4) is 0 Å². The van der Waals surface area contributed by atoms with Crippen molar-refractivity contribution < 1.29 is 42.2 Å². The number of hydrogen-bond donors (Lipinski definition) is 1. The van der Waals surface area contributed by atoms with E-state index in [4.69, 9.17) is 0 Å². The first-order valence-electron chi connectivity index (χ1n) is 7.58. The molecule has 1 N–H and O–H groups in total. The summed E-state index contributed by atoms with van der Waals surface area (Å²) in [6.07, 6.45) is 7.76. The minimum absolute atomic E-state index is 0. The average Bonchev–Trinajstić information content (AvgIpc) is 2.80. The Morgan fingerprint density at radius 2 is 1.95 bits per heavy atom. The molecule has 1 amide bonds. The third kappa shape index (κ3) is 3.66. The molecule has 0 unspecified atom stereocenters. The summed E-state index contributed by atoms with van der Waals surface area (Å²) >= 11 is 0. The standard InChI is InChI=1S/C17H21N3O.Y/c1-13-6-3-7-14(2)17(13)18-16(21)12-19-10-5-11-20(19)15-8-4-9-15;/h3,5-7,10-11,15H,4,8-9,12H2,1-2H3;/p+1. The topological polar surface area (TPSA) is 37.9 Å². The molecule has 1 saturated carbocycles. The third-order valence-electron chi connectivity index (χ3n) is 4.29. The molecule has 0 saturated heterocycles. The summed E-state index contributed by atoms with van der Waals surface area (Å²) in [4.78, 5) is 12.3. The first-order valence-corrected chi connectivity index (χ1v) is 7.58. The van der Waals surface area contributed by atoms with Gasteiger partial charge in [-0.2, -0.15) is 4.68 Å². The molecule has 1 heterocycles. The van der Waals surface area contributed by atoms with Crippen molar-refractivity contribution in [3.63, 3.8) is 0 Å². The molecule has 1 aromatic heterocycles. The van der Waals surface area contributed by atoms with Crippen molar-refractivity contribution in [1.82, 2.24) is 4.68 Å². The van der Waals surface area contributed by atoms with Gasteiger partial charge in [0, 0.05) is 44.5 Å². The number of para-hydroxylation sites is 1. The molecule has 0 spiro atoms. The summed E-state index contributed by atoms with van der Waals surface area (Å²) in [5.74, 6) is 0.0247. The van der Waals surface area contributed by atoms with Crippen LogP contribution in [-0.2, 0) is 44.0 Å². The molecule has 4 nitrogen and oxygen atoms in total. The van der Waals surface area contributed by atoms with Crippen LogP contribution in [0.2, 0.25) is 0 Å². The first kappa shape index (κ1) is 17.4. The number of benzene rings is 1. The number of nitrogens with one attached hydrogen (secondary N) is 1. The van der Waals surface area contributed by atoms with Gasteiger partial charge in [-0.05, 0) is 44.2 Å². The number of aromatic nitrogens is 2. The predicted octanol–water partition coefficient (Wildman–Crippen LogP) is 2.75. The van der Waals surface area contributed by atoms with Crippen LogP contribution in [-0.4, -0.2) is 10.6 Å². The van der Waals surface area contributed by atoms with Crippen molar-refractivity contribution >= 4 is 11.6 Å². The molecule has 1 radical (unpaired) electrons. The van der Waals surface area contributed by atoms with Gasteiger partial charge in [0.2, 0.25) is 6.54 Å². The molecule has 1 fully saturated rings. The van der Waals surface area contributed by atoms with Crippen LogP contribution >= 0.6 is 0 Å². The number of carbonyl (C=O) groups excluding carboxylic acids is 1. The largest absolute Gasteiger partial charge is 0.320 e. The second-order valence-corrected chi connectivity index (χ2v) is 5.87. The van der Waals surface area contributed by atoms with Crippen molar-refractivity contribution in [3.05, 3.63) is 47.8 Å². The molecule has 2 aromatic rings. The maximum Gasteiger partial charge on any atom is 0.292 e. The number of nitrogens with zero attached hydrogens (tertiary/aromatic N) is 2. The molecule has 1 aliphatic rings. The zero-order valence-electron chi connectivity index (χ0n) is 13.2. The van der Waals surface area contributed by atoms with E-state index in [1.54, 1.807) is 0 Å². The van der Waals surface area contributed by atoms with Gasteiger partial charge in [0.15, 0.2) is 6.20 Å². The number of carbonyl (C=O) groups is 1. The van der Waals surface area contributed by atoms with E-state index in [1.165, 1.54) is 19.3 Å². The minimum atomic E-state index is 0. The van der Waals surface area contributed by atoms with E-state index in [9.17, 15) is 4.79 Å². The summed E-state index contributed by atoms with van der Waals surface area (Å²) in [5.41, 5.74) is 3.13. The second-order valence-electron chi connectivity index (χ2n) is 5.87. The van der Waals surface area contributed by atoms with E-state index < -0.39 is 0 Å². The molecule has 0 aliphatic heterocycles. The fourth-order valence-corrected chi connectivity index (χ4v) is 2.84. The Balaban J connectivity index is 0.00000176. The molecule has 5 heteroatoms. The fraction of sp³-hybridized carbons (Fsp3) is 0.412. The number of hydrogen-bond acceptors (Lipinski definition) is 1. The van der Waals surface area contributed by atoms with E-state index in [0.29, 0.717) is 12.6 Å². The maximum atomic E-state index is 12.3. The molecule has 1 aliphatic carbocycles. The normalized spacial score (nSPS) is 14.1. The Morgan fingerprint density at radius 3 is 2.55 bits per heavy atom. The van der Waals surface area contributed by atoms with Gasteiger partial charge in [0.1, 0.15) is 0 Å². The molecule has 22 heavy (non-hydrogen) atoms. The van der Waals surface area contributed by atoms with Crippen molar-refractivity contribution in [2.24, 2.45) is 0 Å². The quantitative estimate of drug-likeness (QED) is 0.823. The van der Waals surface area contributed by atoms with Crippen LogP contribution in [0.25, 0.3) is 0 Å². The molecule has 113 valence electrons. The van der Waals surface area contributed by atoms with Crippen LogP contribution in [0.1, 0.15) is 36.4 Å². The summed E-state index contributed by atoms with van der Waals surface area (Å²) in [6.45, 7) is 4.40. The summed E-state index contributed by atoms with van der Waals surface area (Å²) in [5, 5.41) is 3.05. The molecule has 3 rings (SSSR count). The van der Waals surface area contributed by atoms with Gasteiger partial charge in [-0.15, -0.1) is 4.68 Å². The van der Waals surface area contributed by atoms with E-state index in [-0.39, 0.29) is 38.6 Å². The van der Waals surface area contributed by atoms with Crippen molar-refractivity contribution in [1.29, 1.82) is 0 Å². The van der Waals surface area contributed by atoms with Gasteiger partial charge in [-0.3, -0.25) is 4.79 Å². The SMILES string of the molecule is Cc1cccc(C)c1NC(=O)C[n+]1cccn1C1CCC1.[Y]. The van der Waals surface area contributed by atoms with Gasteiger partial charge in [-0.25, -0.2) is 0 Å². The van der Waals surface area contributed by atoms with Crippen LogP contribution in [0.15, 0.2) is 36.7 Å².